The standard InChI is InChI=1S/C16H17ClN2O2/c1-19(10-11-3-6-13(21-2)7-4-11)16(20)14-9-12(17)5-8-15(14)18/h3-9H,10,18H2,1-2H3. The minimum Gasteiger partial charge on any atom is -0.497 e. The lowest BCUT2D eigenvalue weighted by atomic mass is 10.1. The maximum absolute atomic E-state index is 12.4. The molecule has 2 aromatic carbocycles. The zero-order chi connectivity index (χ0) is 15.4. The van der Waals surface area contributed by atoms with Crippen LogP contribution in [-0.4, -0.2) is 25.0 Å². The number of ether oxygens (including phenoxy) is 1. The van der Waals surface area contributed by atoms with Crippen LogP contribution >= 0.6 is 11.6 Å². The fourth-order valence-corrected chi connectivity index (χ4v) is 2.17. The average molecular weight is 305 g/mol. The first-order valence-electron chi connectivity index (χ1n) is 6.44. The van der Waals surface area contributed by atoms with Gasteiger partial charge in [0.05, 0.1) is 12.7 Å². The van der Waals surface area contributed by atoms with E-state index in [0.717, 1.165) is 11.3 Å². The number of benzene rings is 2. The van der Waals surface area contributed by atoms with Crippen molar-refractivity contribution in [2.24, 2.45) is 0 Å². The number of amides is 1. The summed E-state index contributed by atoms with van der Waals surface area (Å²) in [6, 6.07) is 12.5. The van der Waals surface area contributed by atoms with Crippen LogP contribution in [0.1, 0.15) is 15.9 Å². The largest absolute Gasteiger partial charge is 0.497 e. The van der Waals surface area contributed by atoms with E-state index in [1.165, 1.54) is 0 Å². The van der Waals surface area contributed by atoms with Crippen molar-refractivity contribution in [1.29, 1.82) is 0 Å². The first-order chi connectivity index (χ1) is 10.0. The first kappa shape index (κ1) is 15.2. The molecule has 0 aliphatic carbocycles. The van der Waals surface area contributed by atoms with Gasteiger partial charge in [-0.05, 0) is 35.9 Å². The van der Waals surface area contributed by atoms with E-state index < -0.39 is 0 Å². The van der Waals surface area contributed by atoms with Crippen LogP contribution in [-0.2, 0) is 6.54 Å². The Morgan fingerprint density at radius 3 is 2.52 bits per heavy atom. The van der Waals surface area contributed by atoms with Crippen LogP contribution in [0.4, 0.5) is 5.69 Å². The Labute approximate surface area is 129 Å². The van der Waals surface area contributed by atoms with Gasteiger partial charge in [0.1, 0.15) is 5.75 Å². The van der Waals surface area contributed by atoms with E-state index in [1.807, 2.05) is 24.3 Å². The van der Waals surface area contributed by atoms with Gasteiger partial charge >= 0.3 is 0 Å². The van der Waals surface area contributed by atoms with Gasteiger partial charge in [0.2, 0.25) is 0 Å². The van der Waals surface area contributed by atoms with E-state index >= 15 is 0 Å². The number of hydrogen-bond acceptors (Lipinski definition) is 3. The van der Waals surface area contributed by atoms with Gasteiger partial charge in [-0.1, -0.05) is 23.7 Å². The number of methoxy groups -OCH3 is 1. The third-order valence-corrected chi connectivity index (χ3v) is 3.41. The smallest absolute Gasteiger partial charge is 0.256 e. The predicted octanol–water partition coefficient (Wildman–Crippen LogP) is 3.20. The number of carbonyl (C=O) groups excluding carboxylic acids is 1. The topological polar surface area (TPSA) is 55.6 Å². The SMILES string of the molecule is COc1ccc(CN(C)C(=O)c2cc(Cl)ccc2N)cc1. The average Bonchev–Trinajstić information content (AvgIpc) is 2.49. The molecule has 110 valence electrons. The number of carbonyl (C=O) groups is 1. The van der Waals surface area contributed by atoms with E-state index in [4.69, 9.17) is 22.1 Å². The molecule has 2 rings (SSSR count). The lowest BCUT2D eigenvalue weighted by molar-refractivity contribution is 0.0786. The second-order valence-corrected chi connectivity index (χ2v) is 5.18. The summed E-state index contributed by atoms with van der Waals surface area (Å²) >= 11 is 5.92. The molecule has 0 heterocycles. The molecule has 0 atom stereocenters. The maximum Gasteiger partial charge on any atom is 0.256 e. The van der Waals surface area contributed by atoms with Crippen molar-refractivity contribution >= 4 is 23.2 Å². The second-order valence-electron chi connectivity index (χ2n) is 4.74. The van der Waals surface area contributed by atoms with Crippen LogP contribution in [0.5, 0.6) is 5.75 Å². The molecule has 2 aromatic rings. The molecule has 4 nitrogen and oxygen atoms in total. The minimum absolute atomic E-state index is 0.161. The minimum atomic E-state index is -0.161. The first-order valence-corrected chi connectivity index (χ1v) is 6.82. The summed E-state index contributed by atoms with van der Waals surface area (Å²) in [7, 11) is 3.35. The Bertz CT molecular complexity index is 641. The van der Waals surface area contributed by atoms with Gasteiger partial charge in [-0.25, -0.2) is 0 Å². The molecule has 0 saturated heterocycles. The molecular weight excluding hydrogens is 288 g/mol. The molecule has 0 aromatic heterocycles. The van der Waals surface area contributed by atoms with Crippen LogP contribution < -0.4 is 10.5 Å². The van der Waals surface area contributed by atoms with Crippen LogP contribution in [0.25, 0.3) is 0 Å². The van der Waals surface area contributed by atoms with Gasteiger partial charge in [0.15, 0.2) is 0 Å². The Kier molecular flexibility index (Phi) is 4.70. The van der Waals surface area contributed by atoms with Crippen molar-refractivity contribution < 1.29 is 9.53 Å². The van der Waals surface area contributed by atoms with Gasteiger partial charge < -0.3 is 15.4 Å². The number of nitrogens with zero attached hydrogens (tertiary/aromatic N) is 1. The number of anilines is 1. The highest BCUT2D eigenvalue weighted by atomic mass is 35.5. The number of nitrogens with two attached hydrogens (primary N) is 1. The molecule has 0 bridgehead atoms. The van der Waals surface area contributed by atoms with E-state index in [0.29, 0.717) is 22.8 Å². The summed E-state index contributed by atoms with van der Waals surface area (Å²) in [6.45, 7) is 0.481. The predicted molar refractivity (Wildman–Crippen MR) is 84.7 cm³/mol. The molecule has 0 unspecified atom stereocenters. The molecular formula is C16H17ClN2O2. The fraction of sp³-hybridized carbons (Fsp3) is 0.188. The van der Waals surface area contributed by atoms with Crippen molar-refractivity contribution in [3.63, 3.8) is 0 Å². The highest BCUT2D eigenvalue weighted by Gasteiger charge is 2.15. The Morgan fingerprint density at radius 1 is 1.24 bits per heavy atom. The van der Waals surface area contributed by atoms with Gasteiger partial charge in [0.25, 0.3) is 5.91 Å². The molecule has 0 saturated carbocycles. The van der Waals surface area contributed by atoms with Gasteiger partial charge in [0, 0.05) is 24.3 Å². The quantitative estimate of drug-likeness (QED) is 0.883. The van der Waals surface area contributed by atoms with Crippen molar-refractivity contribution in [1.82, 2.24) is 4.90 Å². The summed E-state index contributed by atoms with van der Waals surface area (Å²) in [6.07, 6.45) is 0. The number of rotatable bonds is 4. The second kappa shape index (κ2) is 6.50. The van der Waals surface area contributed by atoms with Gasteiger partial charge in [-0.3, -0.25) is 4.79 Å². The van der Waals surface area contributed by atoms with E-state index in [1.54, 1.807) is 37.3 Å². The van der Waals surface area contributed by atoms with E-state index in [-0.39, 0.29) is 5.91 Å². The van der Waals surface area contributed by atoms with Crippen LogP contribution in [0.3, 0.4) is 0 Å². The van der Waals surface area contributed by atoms with Crippen LogP contribution in [0.2, 0.25) is 5.02 Å². The molecule has 0 radical (unpaired) electrons. The number of hydrogen-bond donors (Lipinski definition) is 1. The maximum atomic E-state index is 12.4. The molecule has 21 heavy (non-hydrogen) atoms. The van der Waals surface area contributed by atoms with Crippen LogP contribution in [0.15, 0.2) is 42.5 Å². The van der Waals surface area contributed by atoms with Gasteiger partial charge in [-0.15, -0.1) is 0 Å². The van der Waals surface area contributed by atoms with E-state index in [2.05, 4.69) is 0 Å². The Morgan fingerprint density at radius 2 is 1.90 bits per heavy atom. The molecule has 0 aliphatic rings. The van der Waals surface area contributed by atoms with Crippen LogP contribution in [0, 0.1) is 0 Å². The lowest BCUT2D eigenvalue weighted by Gasteiger charge is -2.18. The van der Waals surface area contributed by atoms with Crippen molar-refractivity contribution in [3.05, 3.63) is 58.6 Å². The highest BCUT2D eigenvalue weighted by Crippen LogP contribution is 2.20. The molecule has 0 spiro atoms. The van der Waals surface area contributed by atoms with E-state index in [9.17, 15) is 4.79 Å². The summed E-state index contributed by atoms with van der Waals surface area (Å²) in [5.74, 6) is 0.623. The fourth-order valence-electron chi connectivity index (χ4n) is 2.00. The highest BCUT2D eigenvalue weighted by molar-refractivity contribution is 6.31. The summed E-state index contributed by atoms with van der Waals surface area (Å²) < 4.78 is 5.11. The number of nitrogen functional groups attached to an aromatic ring is 1. The zero-order valence-corrected chi connectivity index (χ0v) is 12.7. The van der Waals surface area contributed by atoms with Crippen molar-refractivity contribution in [2.75, 3.05) is 19.9 Å². The monoisotopic (exact) mass is 304 g/mol. The normalized spacial score (nSPS) is 10.2. The van der Waals surface area contributed by atoms with Crippen molar-refractivity contribution in [3.8, 4) is 5.75 Å². The third kappa shape index (κ3) is 3.67. The third-order valence-electron chi connectivity index (χ3n) is 3.17. The summed E-state index contributed by atoms with van der Waals surface area (Å²) in [5.41, 5.74) is 7.68. The van der Waals surface area contributed by atoms with Crippen molar-refractivity contribution in [2.45, 2.75) is 6.54 Å². The summed E-state index contributed by atoms with van der Waals surface area (Å²) in [5, 5.41) is 0.491. The zero-order valence-electron chi connectivity index (χ0n) is 12.0. The molecule has 0 aliphatic heterocycles. The van der Waals surface area contributed by atoms with Gasteiger partial charge in [-0.2, -0.15) is 0 Å². The molecule has 2 N–H and O–H groups in total. The molecule has 5 heteroatoms. The summed E-state index contributed by atoms with van der Waals surface area (Å²) in [4.78, 5) is 14.0. The Balaban J connectivity index is 2.13. The lowest BCUT2D eigenvalue weighted by Crippen LogP contribution is -2.27. The molecule has 0 fully saturated rings. The molecule has 1 amide bonds. The number of halogens is 1. The Hall–Kier alpha value is -2.20.